The number of alkyl halides is 3. The molecule has 0 radical (unpaired) electrons. The van der Waals surface area contributed by atoms with Crippen LogP contribution >= 0.6 is 0 Å². The van der Waals surface area contributed by atoms with Gasteiger partial charge in [-0.25, -0.2) is 13.2 Å². The lowest BCUT2D eigenvalue weighted by molar-refractivity contribution is -0.242. The van der Waals surface area contributed by atoms with E-state index in [1.54, 1.807) is 6.92 Å². The van der Waals surface area contributed by atoms with Crippen molar-refractivity contribution in [3.63, 3.8) is 0 Å². The summed E-state index contributed by atoms with van der Waals surface area (Å²) >= 11 is 0. The molecule has 0 saturated heterocycles. The molecular formula is C29H35F3N4O9S. The number of amides is 1. The standard InChI is InChI=1S/C29H35F3N4O9S/c1-5-18-9-11-28(18,25(38)39)12-10-20-16-36(46(41,42)23-17-35(6-2)34-24(23)43-14-13-37)21-15-19(7-8-22(21)44-20)33-26(40)45-27(3,4)29(30,31)32/h7-8,15,17-18,20,37H,5-6,9,11,13-14,16H2,1-4H3,(H,33,40)(H,38,39)/t18-,20?,28?/m0/s1. The minimum Gasteiger partial charge on any atom is -0.480 e. The van der Waals surface area contributed by atoms with Crippen molar-refractivity contribution in [2.75, 3.05) is 29.4 Å². The minimum absolute atomic E-state index is 0.0191. The molecule has 1 aromatic heterocycles. The summed E-state index contributed by atoms with van der Waals surface area (Å²) < 4.78 is 86.3. The normalized spacial score (nSPS) is 21.2. The Hall–Kier alpha value is -4.17. The molecule has 2 heterocycles. The van der Waals surface area contributed by atoms with Crippen LogP contribution in [-0.4, -0.2) is 78.1 Å². The summed E-state index contributed by atoms with van der Waals surface area (Å²) in [5.41, 5.74) is -4.33. The monoisotopic (exact) mass is 672 g/mol. The number of carbonyl (C=O) groups excluding carboxylic acids is 1. The van der Waals surface area contributed by atoms with E-state index in [1.807, 2.05) is 6.92 Å². The van der Waals surface area contributed by atoms with Crippen molar-refractivity contribution in [2.24, 2.45) is 11.3 Å². The number of anilines is 2. The highest BCUT2D eigenvalue weighted by molar-refractivity contribution is 7.93. The molecule has 2 aliphatic rings. The number of aromatic nitrogens is 2. The Labute approximate surface area is 263 Å². The predicted octanol–water partition coefficient (Wildman–Crippen LogP) is 4.01. The third-order valence-electron chi connectivity index (χ3n) is 7.94. The molecular weight excluding hydrogens is 637 g/mol. The van der Waals surface area contributed by atoms with Gasteiger partial charge in [-0.15, -0.1) is 5.10 Å². The van der Waals surface area contributed by atoms with E-state index in [-0.39, 0.29) is 47.0 Å². The number of aryl methyl sites for hydroxylation is 1. The van der Waals surface area contributed by atoms with Gasteiger partial charge in [0.1, 0.15) is 17.8 Å². The Morgan fingerprint density at radius 3 is 2.54 bits per heavy atom. The van der Waals surface area contributed by atoms with Crippen LogP contribution in [0.3, 0.4) is 0 Å². The van der Waals surface area contributed by atoms with Crippen LogP contribution in [0, 0.1) is 23.2 Å². The Morgan fingerprint density at radius 2 is 1.98 bits per heavy atom. The number of aliphatic hydroxyl groups excluding tert-OH is 1. The summed E-state index contributed by atoms with van der Waals surface area (Å²) in [7, 11) is -4.54. The van der Waals surface area contributed by atoms with Crippen molar-refractivity contribution in [3.05, 3.63) is 24.4 Å². The molecule has 1 aromatic carbocycles. The molecule has 1 fully saturated rings. The van der Waals surface area contributed by atoms with Crippen LogP contribution in [-0.2, 0) is 26.1 Å². The number of aliphatic carboxylic acids is 1. The van der Waals surface area contributed by atoms with E-state index in [2.05, 4.69) is 27.0 Å². The largest absolute Gasteiger partial charge is 0.480 e. The van der Waals surface area contributed by atoms with E-state index in [1.165, 1.54) is 29.1 Å². The smallest absolute Gasteiger partial charge is 0.427 e. The number of carbonyl (C=O) groups is 2. The lowest BCUT2D eigenvalue weighted by atomic mass is 9.59. The summed E-state index contributed by atoms with van der Waals surface area (Å²) in [6.07, 6.45) is -4.59. The zero-order chi connectivity index (χ0) is 34.1. The average Bonchev–Trinajstić information content (AvgIpc) is 3.39. The number of aliphatic hydroxyl groups is 1. The second-order valence-corrected chi connectivity index (χ2v) is 13.1. The number of benzene rings is 1. The van der Waals surface area contributed by atoms with Gasteiger partial charge < -0.3 is 24.4 Å². The molecule has 1 aliphatic heterocycles. The molecule has 1 amide bonds. The minimum atomic E-state index is -4.86. The SMILES string of the molecule is CC[C@H]1CCC1(C#CC1CN(S(=O)(=O)c2cn(CC)nc2OCCO)c2cc(NC(=O)OC(C)(C)C(F)(F)F)ccc2O1)C(=O)O. The summed E-state index contributed by atoms with van der Waals surface area (Å²) in [6, 6.07) is 3.73. The molecule has 46 heavy (non-hydrogen) atoms. The highest BCUT2D eigenvalue weighted by Gasteiger charge is 2.52. The maximum atomic E-state index is 14.2. The van der Waals surface area contributed by atoms with Gasteiger partial charge >= 0.3 is 18.2 Å². The molecule has 3 N–H and O–H groups in total. The van der Waals surface area contributed by atoms with Crippen molar-refractivity contribution in [1.82, 2.24) is 9.78 Å². The maximum Gasteiger partial charge on any atom is 0.427 e. The van der Waals surface area contributed by atoms with Crippen molar-refractivity contribution >= 4 is 33.5 Å². The van der Waals surface area contributed by atoms with Crippen LogP contribution in [0.15, 0.2) is 29.3 Å². The van der Waals surface area contributed by atoms with Crippen LogP contribution in [0.25, 0.3) is 0 Å². The fourth-order valence-corrected chi connectivity index (χ4v) is 6.59. The first-order chi connectivity index (χ1) is 21.5. The zero-order valence-electron chi connectivity index (χ0n) is 25.5. The average molecular weight is 673 g/mol. The zero-order valence-corrected chi connectivity index (χ0v) is 26.4. The van der Waals surface area contributed by atoms with Crippen molar-refractivity contribution in [1.29, 1.82) is 0 Å². The van der Waals surface area contributed by atoms with Crippen LogP contribution in [0.2, 0.25) is 0 Å². The molecule has 0 bridgehead atoms. The van der Waals surface area contributed by atoms with Crippen molar-refractivity contribution in [2.45, 2.75) is 76.3 Å². The van der Waals surface area contributed by atoms with Gasteiger partial charge in [0.25, 0.3) is 15.9 Å². The molecule has 1 saturated carbocycles. The third-order valence-corrected chi connectivity index (χ3v) is 9.70. The number of hydrogen-bond acceptors (Lipinski definition) is 9. The van der Waals surface area contributed by atoms with E-state index >= 15 is 0 Å². The number of rotatable bonds is 10. The van der Waals surface area contributed by atoms with Gasteiger partial charge in [0.05, 0.1) is 18.8 Å². The first-order valence-electron chi connectivity index (χ1n) is 14.5. The Morgan fingerprint density at radius 1 is 1.26 bits per heavy atom. The third kappa shape index (κ3) is 6.68. The van der Waals surface area contributed by atoms with Gasteiger partial charge in [-0.2, -0.15) is 13.2 Å². The number of carboxylic acids is 1. The number of carboxylic acid groups (broad SMARTS) is 1. The highest BCUT2D eigenvalue weighted by Crippen LogP contribution is 2.48. The van der Waals surface area contributed by atoms with E-state index in [9.17, 15) is 41.4 Å². The molecule has 3 atom stereocenters. The molecule has 0 spiro atoms. The van der Waals surface area contributed by atoms with Crippen LogP contribution in [0.1, 0.15) is 47.0 Å². The van der Waals surface area contributed by atoms with Crippen LogP contribution in [0.4, 0.5) is 29.3 Å². The lowest BCUT2D eigenvalue weighted by Crippen LogP contribution is -2.46. The summed E-state index contributed by atoms with van der Waals surface area (Å²) in [5.74, 6) is 4.09. The van der Waals surface area contributed by atoms with E-state index in [0.29, 0.717) is 33.1 Å². The van der Waals surface area contributed by atoms with Gasteiger partial charge in [0, 0.05) is 18.4 Å². The van der Waals surface area contributed by atoms with E-state index in [0.717, 1.165) is 4.31 Å². The molecule has 13 nitrogen and oxygen atoms in total. The van der Waals surface area contributed by atoms with Gasteiger partial charge in [-0.05, 0) is 57.7 Å². The molecule has 1 aliphatic carbocycles. The second-order valence-electron chi connectivity index (χ2n) is 11.3. The highest BCUT2D eigenvalue weighted by atomic mass is 32.2. The van der Waals surface area contributed by atoms with Gasteiger partial charge in [0.2, 0.25) is 5.60 Å². The second kappa shape index (κ2) is 12.9. The van der Waals surface area contributed by atoms with Gasteiger partial charge in [-0.1, -0.05) is 25.2 Å². The Balaban J connectivity index is 1.76. The molecule has 2 aromatic rings. The topological polar surface area (TPSA) is 170 Å². The van der Waals surface area contributed by atoms with E-state index in [4.69, 9.17) is 9.47 Å². The number of fused-ring (bicyclic) bond motifs is 1. The first kappa shape index (κ1) is 34.7. The summed E-state index contributed by atoms with van der Waals surface area (Å²) in [4.78, 5) is 24.2. The number of hydrogen-bond donors (Lipinski definition) is 3. The predicted molar refractivity (Wildman–Crippen MR) is 157 cm³/mol. The summed E-state index contributed by atoms with van der Waals surface area (Å²) in [5, 5.41) is 25.5. The summed E-state index contributed by atoms with van der Waals surface area (Å²) in [6.45, 7) is 4.11. The van der Waals surface area contributed by atoms with Crippen LogP contribution < -0.4 is 19.1 Å². The number of ether oxygens (including phenoxy) is 3. The molecule has 4 rings (SSSR count). The Bertz CT molecular complexity index is 1650. The van der Waals surface area contributed by atoms with Crippen molar-refractivity contribution < 1.29 is 55.6 Å². The van der Waals surface area contributed by atoms with Gasteiger partial charge in [0.15, 0.2) is 11.0 Å². The van der Waals surface area contributed by atoms with Gasteiger partial charge in [-0.3, -0.25) is 19.1 Å². The maximum absolute atomic E-state index is 14.2. The number of nitrogens with zero attached hydrogens (tertiary/aromatic N) is 3. The quantitative estimate of drug-likeness (QED) is 0.314. The number of halogens is 3. The van der Waals surface area contributed by atoms with E-state index < -0.39 is 58.5 Å². The lowest BCUT2D eigenvalue weighted by Gasteiger charge is -2.42. The molecule has 252 valence electrons. The molecule has 2 unspecified atom stereocenters. The molecule has 17 heteroatoms. The van der Waals surface area contributed by atoms with Crippen molar-refractivity contribution in [3.8, 4) is 23.5 Å². The Kier molecular flexibility index (Phi) is 9.74. The number of sulfonamides is 1. The number of nitrogens with one attached hydrogen (secondary N) is 1. The van der Waals surface area contributed by atoms with Crippen LogP contribution in [0.5, 0.6) is 11.6 Å². The fraction of sp³-hybridized carbons (Fsp3) is 0.552. The first-order valence-corrected chi connectivity index (χ1v) is 15.9. The fourth-order valence-electron chi connectivity index (χ4n) is 5.05.